The second-order valence-electron chi connectivity index (χ2n) is 4.79. The normalized spacial score (nSPS) is 9.96. The Morgan fingerprint density at radius 3 is 2.44 bits per heavy atom. The lowest BCUT2D eigenvalue weighted by Gasteiger charge is -2.10. The van der Waals surface area contributed by atoms with Crippen molar-refractivity contribution in [1.29, 1.82) is 0 Å². The quantitative estimate of drug-likeness (QED) is 0.482. The van der Waals surface area contributed by atoms with E-state index in [4.69, 9.17) is 9.47 Å². The van der Waals surface area contributed by atoms with Crippen LogP contribution in [0.25, 0.3) is 0 Å². The number of nitro benzene ring substituents is 2. The van der Waals surface area contributed by atoms with Gasteiger partial charge in [0.05, 0.1) is 15.9 Å². The number of carbonyl (C=O) groups excluding carboxylic acids is 1. The molecule has 10 nitrogen and oxygen atoms in total. The highest BCUT2D eigenvalue weighted by Gasteiger charge is 2.20. The molecule has 0 bridgehead atoms. The van der Waals surface area contributed by atoms with Gasteiger partial charge in [0.25, 0.3) is 5.69 Å². The summed E-state index contributed by atoms with van der Waals surface area (Å²) in [5.41, 5.74) is -0.265. The van der Waals surface area contributed by atoms with Crippen LogP contribution in [0.15, 0.2) is 42.5 Å². The van der Waals surface area contributed by atoms with Crippen molar-refractivity contribution >= 4 is 17.5 Å². The Morgan fingerprint density at radius 1 is 1.08 bits per heavy atom. The zero-order valence-electron chi connectivity index (χ0n) is 13.0. The van der Waals surface area contributed by atoms with Crippen LogP contribution in [0, 0.1) is 27.2 Å². The smallest absolute Gasteiger partial charge is 0.415 e. The number of nitro groups is 2. The first-order valence-electron chi connectivity index (χ1n) is 6.95. The van der Waals surface area contributed by atoms with Crippen molar-refractivity contribution in [2.75, 3.05) is 6.73 Å². The van der Waals surface area contributed by atoms with Crippen molar-refractivity contribution in [3.63, 3.8) is 0 Å². The van der Waals surface area contributed by atoms with Crippen molar-refractivity contribution in [2.24, 2.45) is 0 Å². The van der Waals surface area contributed by atoms with Crippen LogP contribution in [0.3, 0.4) is 0 Å². The average Bonchev–Trinajstić information content (AvgIpc) is 2.56. The monoisotopic (exact) mass is 347 g/mol. The van der Waals surface area contributed by atoms with Crippen LogP contribution in [-0.4, -0.2) is 22.7 Å². The van der Waals surface area contributed by atoms with Gasteiger partial charge in [-0.15, -0.1) is 0 Å². The molecule has 10 heteroatoms. The Kier molecular flexibility index (Phi) is 5.46. The van der Waals surface area contributed by atoms with E-state index in [-0.39, 0.29) is 5.75 Å². The number of ether oxygens (including phenoxy) is 2. The third-order valence-corrected chi connectivity index (χ3v) is 3.09. The molecule has 0 fully saturated rings. The summed E-state index contributed by atoms with van der Waals surface area (Å²) < 4.78 is 10.2. The Labute approximate surface area is 141 Å². The molecule has 130 valence electrons. The minimum absolute atomic E-state index is 0.216. The van der Waals surface area contributed by atoms with Crippen LogP contribution in [0.2, 0.25) is 0 Å². The van der Waals surface area contributed by atoms with Gasteiger partial charge in [-0.05, 0) is 24.6 Å². The molecular formula is C15H13N3O7. The third-order valence-electron chi connectivity index (χ3n) is 3.09. The zero-order chi connectivity index (χ0) is 18.4. The molecule has 0 aliphatic rings. The minimum Gasteiger partial charge on any atom is -0.466 e. The Morgan fingerprint density at radius 2 is 1.80 bits per heavy atom. The molecule has 1 amide bonds. The summed E-state index contributed by atoms with van der Waals surface area (Å²) >= 11 is 0. The fourth-order valence-electron chi connectivity index (χ4n) is 1.86. The highest BCUT2D eigenvalue weighted by molar-refractivity contribution is 5.70. The summed E-state index contributed by atoms with van der Waals surface area (Å²) in [6.45, 7) is 1.35. The summed E-state index contributed by atoms with van der Waals surface area (Å²) in [5, 5.41) is 23.9. The SMILES string of the molecule is Cc1ccccc1OC(=O)NCOc1ccc([N+](=O)[O-])cc1[N+](=O)[O-]. The largest absolute Gasteiger partial charge is 0.466 e. The molecule has 2 rings (SSSR count). The molecule has 1 N–H and O–H groups in total. The molecule has 0 radical (unpaired) electrons. The van der Waals surface area contributed by atoms with Gasteiger partial charge in [0.1, 0.15) is 5.75 Å². The molecule has 0 heterocycles. The van der Waals surface area contributed by atoms with Crippen LogP contribution in [-0.2, 0) is 0 Å². The van der Waals surface area contributed by atoms with E-state index in [1.807, 2.05) is 0 Å². The van der Waals surface area contributed by atoms with Crippen molar-refractivity contribution in [2.45, 2.75) is 6.92 Å². The number of non-ortho nitro benzene ring substituents is 1. The van der Waals surface area contributed by atoms with Crippen LogP contribution in [0.4, 0.5) is 16.2 Å². The van der Waals surface area contributed by atoms with Crippen LogP contribution < -0.4 is 14.8 Å². The molecule has 25 heavy (non-hydrogen) atoms. The molecule has 0 aliphatic carbocycles. The van der Waals surface area contributed by atoms with E-state index in [9.17, 15) is 25.0 Å². The first-order valence-corrected chi connectivity index (χ1v) is 6.95. The summed E-state index contributed by atoms with van der Waals surface area (Å²) in [4.78, 5) is 31.7. The zero-order valence-corrected chi connectivity index (χ0v) is 13.0. The maximum atomic E-state index is 11.7. The summed E-state index contributed by atoms with van der Waals surface area (Å²) in [5.74, 6) is 0.146. The fraction of sp³-hybridized carbons (Fsp3) is 0.133. The number of nitrogens with zero attached hydrogens (tertiary/aromatic N) is 2. The van der Waals surface area contributed by atoms with Gasteiger partial charge in [-0.1, -0.05) is 18.2 Å². The first kappa shape index (κ1) is 17.7. The Hall–Kier alpha value is -3.69. The molecule has 2 aromatic rings. The van der Waals surface area contributed by atoms with E-state index in [1.165, 1.54) is 0 Å². The van der Waals surface area contributed by atoms with Crippen molar-refractivity contribution < 1.29 is 24.1 Å². The molecule has 0 atom stereocenters. The fourth-order valence-corrected chi connectivity index (χ4v) is 1.86. The summed E-state index contributed by atoms with van der Waals surface area (Å²) in [6.07, 6.45) is -0.807. The van der Waals surface area contributed by atoms with E-state index >= 15 is 0 Å². The molecule has 0 spiro atoms. The average molecular weight is 347 g/mol. The molecule has 0 saturated carbocycles. The number of hydrogen-bond donors (Lipinski definition) is 1. The maximum absolute atomic E-state index is 11.7. The van der Waals surface area contributed by atoms with E-state index < -0.39 is 34.0 Å². The molecule has 0 aromatic heterocycles. The Bertz CT molecular complexity index is 823. The number of nitrogens with one attached hydrogen (secondary N) is 1. The van der Waals surface area contributed by atoms with Gasteiger partial charge in [-0.3, -0.25) is 25.5 Å². The van der Waals surface area contributed by atoms with Crippen molar-refractivity contribution in [3.05, 3.63) is 68.3 Å². The predicted molar refractivity (Wildman–Crippen MR) is 85.6 cm³/mol. The number of rotatable bonds is 6. The highest BCUT2D eigenvalue weighted by atomic mass is 16.6. The standard InChI is InChI=1S/C15H13N3O7/c1-10-4-2-3-5-13(10)25-15(19)16-9-24-14-7-6-11(17(20)21)8-12(14)18(22)23/h2-8H,9H2,1H3,(H,16,19). The first-order chi connectivity index (χ1) is 11.9. The topological polar surface area (TPSA) is 134 Å². The molecule has 0 saturated heterocycles. The Balaban J connectivity index is 1.97. The number of carbonyl (C=O) groups is 1. The maximum Gasteiger partial charge on any atom is 0.415 e. The van der Waals surface area contributed by atoms with Gasteiger partial charge in [0, 0.05) is 6.07 Å². The van der Waals surface area contributed by atoms with Gasteiger partial charge in [0.2, 0.25) is 0 Å². The highest BCUT2D eigenvalue weighted by Crippen LogP contribution is 2.30. The number of hydrogen-bond acceptors (Lipinski definition) is 7. The molecule has 2 aromatic carbocycles. The van der Waals surface area contributed by atoms with E-state index in [0.29, 0.717) is 5.75 Å². The van der Waals surface area contributed by atoms with E-state index in [0.717, 1.165) is 23.8 Å². The van der Waals surface area contributed by atoms with E-state index in [2.05, 4.69) is 5.32 Å². The van der Waals surface area contributed by atoms with Gasteiger partial charge in [-0.25, -0.2) is 4.79 Å². The lowest BCUT2D eigenvalue weighted by atomic mass is 10.2. The van der Waals surface area contributed by atoms with Gasteiger partial charge in [0.15, 0.2) is 12.5 Å². The summed E-state index contributed by atoms with van der Waals surface area (Å²) in [7, 11) is 0. The molecular weight excluding hydrogens is 334 g/mol. The number of benzene rings is 2. The summed E-state index contributed by atoms with van der Waals surface area (Å²) in [6, 6.07) is 9.79. The lowest BCUT2D eigenvalue weighted by Crippen LogP contribution is -2.30. The number of aryl methyl sites for hydroxylation is 1. The number of amides is 1. The van der Waals surface area contributed by atoms with Gasteiger partial charge >= 0.3 is 11.8 Å². The molecule has 0 aliphatic heterocycles. The van der Waals surface area contributed by atoms with Gasteiger partial charge < -0.3 is 9.47 Å². The van der Waals surface area contributed by atoms with Crippen LogP contribution in [0.1, 0.15) is 5.56 Å². The van der Waals surface area contributed by atoms with Crippen LogP contribution >= 0.6 is 0 Å². The second-order valence-corrected chi connectivity index (χ2v) is 4.79. The van der Waals surface area contributed by atoms with Gasteiger partial charge in [-0.2, -0.15) is 0 Å². The lowest BCUT2D eigenvalue weighted by molar-refractivity contribution is -0.394. The predicted octanol–water partition coefficient (Wildman–Crippen LogP) is 2.94. The number of para-hydroxylation sites is 1. The minimum atomic E-state index is -0.812. The third kappa shape index (κ3) is 4.64. The molecule has 0 unspecified atom stereocenters. The second kappa shape index (κ2) is 7.73. The van der Waals surface area contributed by atoms with Crippen molar-refractivity contribution in [1.82, 2.24) is 5.32 Å². The van der Waals surface area contributed by atoms with E-state index in [1.54, 1.807) is 31.2 Å². The van der Waals surface area contributed by atoms with Crippen LogP contribution in [0.5, 0.6) is 11.5 Å². The van der Waals surface area contributed by atoms with Crippen molar-refractivity contribution in [3.8, 4) is 11.5 Å².